The first-order chi connectivity index (χ1) is 13.4. The molecule has 2 aromatic heterocycles. The van der Waals surface area contributed by atoms with Gasteiger partial charge in [-0.2, -0.15) is 8.42 Å². The van der Waals surface area contributed by atoms with E-state index in [0.717, 1.165) is 17.3 Å². The van der Waals surface area contributed by atoms with Gasteiger partial charge in [-0.3, -0.25) is 4.79 Å². The number of hydrogen-bond acceptors (Lipinski definition) is 7. The molecule has 0 aliphatic heterocycles. The van der Waals surface area contributed by atoms with Gasteiger partial charge in [-0.15, -0.1) is 0 Å². The fourth-order valence-corrected chi connectivity index (χ4v) is 4.33. The Bertz CT molecular complexity index is 1400. The molecule has 4 rings (SSSR count). The van der Waals surface area contributed by atoms with E-state index in [0.29, 0.717) is 27.4 Å². The van der Waals surface area contributed by atoms with Gasteiger partial charge in [-0.25, -0.2) is 9.38 Å². The molecule has 0 saturated carbocycles. The predicted octanol–water partition coefficient (Wildman–Crippen LogP) is 2.19. The van der Waals surface area contributed by atoms with Crippen LogP contribution in [0.1, 0.15) is 12.5 Å². The highest BCUT2D eigenvalue weighted by atomic mass is 32.2. The van der Waals surface area contributed by atoms with E-state index >= 15 is 0 Å². The molecule has 0 unspecified atom stereocenters. The van der Waals surface area contributed by atoms with Gasteiger partial charge in [0.2, 0.25) is 0 Å². The number of thiazole rings is 1. The van der Waals surface area contributed by atoms with Crippen LogP contribution >= 0.6 is 11.3 Å². The smallest absolute Gasteiger partial charge is 0.306 e. The van der Waals surface area contributed by atoms with Crippen molar-refractivity contribution in [2.24, 2.45) is 0 Å². The highest BCUT2D eigenvalue weighted by Crippen LogP contribution is 2.30. The van der Waals surface area contributed by atoms with Crippen molar-refractivity contribution in [2.75, 3.05) is 12.9 Å². The van der Waals surface area contributed by atoms with E-state index in [4.69, 9.17) is 8.92 Å². The molecule has 0 aliphatic rings. The standard InChI is InChI=1S/C19H16N2O5S2/c1-3-25-16-10-12(8-9-15(16)26-28(2,23)24)11-17-18(22)21-14-7-5-4-6-13(14)20-19(21)27-17/h4-11H,3H2,1-2H3/b17-11+. The zero-order valence-electron chi connectivity index (χ0n) is 15.1. The van der Waals surface area contributed by atoms with E-state index in [2.05, 4.69) is 4.98 Å². The number of para-hydroxylation sites is 2. The number of nitrogens with zero attached hydrogens (tertiary/aromatic N) is 2. The van der Waals surface area contributed by atoms with E-state index in [-0.39, 0.29) is 11.3 Å². The van der Waals surface area contributed by atoms with Crippen LogP contribution in [-0.2, 0) is 10.1 Å². The molecule has 2 aromatic carbocycles. The lowest BCUT2D eigenvalue weighted by molar-refractivity contribution is 0.328. The second-order valence-electron chi connectivity index (χ2n) is 6.06. The minimum absolute atomic E-state index is 0.107. The zero-order valence-corrected chi connectivity index (χ0v) is 16.7. The Labute approximate surface area is 164 Å². The van der Waals surface area contributed by atoms with Crippen LogP contribution in [0, 0.1) is 0 Å². The Balaban J connectivity index is 1.83. The highest BCUT2D eigenvalue weighted by Gasteiger charge is 2.13. The molecule has 0 N–H and O–H groups in total. The number of benzene rings is 2. The van der Waals surface area contributed by atoms with Crippen molar-refractivity contribution >= 4 is 43.5 Å². The maximum Gasteiger partial charge on any atom is 0.306 e. The lowest BCUT2D eigenvalue weighted by Crippen LogP contribution is -2.22. The molecule has 2 heterocycles. The fourth-order valence-electron chi connectivity index (χ4n) is 2.88. The summed E-state index contributed by atoms with van der Waals surface area (Å²) in [5.74, 6) is 0.400. The molecule has 0 atom stereocenters. The largest absolute Gasteiger partial charge is 0.490 e. The van der Waals surface area contributed by atoms with Gasteiger partial charge in [-0.1, -0.05) is 29.5 Å². The van der Waals surface area contributed by atoms with Crippen molar-refractivity contribution in [3.05, 3.63) is 62.9 Å². The summed E-state index contributed by atoms with van der Waals surface area (Å²) in [6.45, 7) is 2.13. The van der Waals surface area contributed by atoms with Gasteiger partial charge in [-0.05, 0) is 42.8 Å². The summed E-state index contributed by atoms with van der Waals surface area (Å²) >= 11 is 1.29. The minimum Gasteiger partial charge on any atom is -0.490 e. The third-order valence-corrected chi connectivity index (χ3v) is 5.40. The summed E-state index contributed by atoms with van der Waals surface area (Å²) in [4.78, 5) is 18.0. The van der Waals surface area contributed by atoms with Gasteiger partial charge < -0.3 is 8.92 Å². The van der Waals surface area contributed by atoms with Gasteiger partial charge in [0.05, 0.1) is 28.4 Å². The Morgan fingerprint density at radius 3 is 2.71 bits per heavy atom. The molecule has 7 nitrogen and oxygen atoms in total. The number of rotatable bonds is 5. The number of hydrogen-bond donors (Lipinski definition) is 0. The molecular formula is C19H16N2O5S2. The summed E-state index contributed by atoms with van der Waals surface area (Å²) in [5.41, 5.74) is 2.09. The summed E-state index contributed by atoms with van der Waals surface area (Å²) in [5, 5.41) is 0. The van der Waals surface area contributed by atoms with Crippen molar-refractivity contribution < 1.29 is 17.3 Å². The molecule has 0 amide bonds. The monoisotopic (exact) mass is 416 g/mol. The first-order valence-corrected chi connectivity index (χ1v) is 11.1. The van der Waals surface area contributed by atoms with Crippen molar-refractivity contribution in [1.82, 2.24) is 9.38 Å². The van der Waals surface area contributed by atoms with Gasteiger partial charge in [0.15, 0.2) is 16.5 Å². The van der Waals surface area contributed by atoms with Crippen LogP contribution in [0.15, 0.2) is 47.3 Å². The van der Waals surface area contributed by atoms with Gasteiger partial charge in [0.1, 0.15) is 0 Å². The Kier molecular flexibility index (Phi) is 4.56. The second-order valence-corrected chi connectivity index (χ2v) is 8.64. The van der Waals surface area contributed by atoms with E-state index in [1.807, 2.05) is 24.3 Å². The lowest BCUT2D eigenvalue weighted by Gasteiger charge is -2.10. The molecular weight excluding hydrogens is 400 g/mol. The molecule has 0 aliphatic carbocycles. The maximum atomic E-state index is 12.8. The molecule has 0 fully saturated rings. The average Bonchev–Trinajstić information content (AvgIpc) is 3.13. The molecule has 0 bridgehead atoms. The zero-order chi connectivity index (χ0) is 19.9. The Morgan fingerprint density at radius 1 is 1.18 bits per heavy atom. The number of imidazole rings is 1. The summed E-state index contributed by atoms with van der Waals surface area (Å²) in [6.07, 6.45) is 2.70. The third-order valence-electron chi connectivity index (χ3n) is 3.95. The van der Waals surface area contributed by atoms with Crippen LogP contribution in [0.25, 0.3) is 22.1 Å². The first-order valence-electron chi connectivity index (χ1n) is 8.44. The van der Waals surface area contributed by atoms with Crippen LogP contribution in [0.4, 0.5) is 0 Å². The summed E-state index contributed by atoms with van der Waals surface area (Å²) in [6, 6.07) is 12.3. The molecule has 4 aromatic rings. The molecule has 0 saturated heterocycles. The van der Waals surface area contributed by atoms with E-state index in [1.54, 1.807) is 29.5 Å². The van der Waals surface area contributed by atoms with Gasteiger partial charge >= 0.3 is 10.1 Å². The summed E-state index contributed by atoms with van der Waals surface area (Å²) < 4.78 is 35.4. The van der Waals surface area contributed by atoms with Crippen LogP contribution in [0.3, 0.4) is 0 Å². The Hall–Kier alpha value is -2.91. The third kappa shape index (κ3) is 3.46. The lowest BCUT2D eigenvalue weighted by atomic mass is 10.2. The molecule has 0 radical (unpaired) electrons. The number of aromatic nitrogens is 2. The maximum absolute atomic E-state index is 12.8. The number of ether oxygens (including phenoxy) is 1. The SMILES string of the molecule is CCOc1cc(/C=c2/sc3nc4ccccc4n3c2=O)ccc1OS(C)(=O)=O. The molecule has 28 heavy (non-hydrogen) atoms. The minimum atomic E-state index is -3.68. The van der Waals surface area contributed by atoms with Gasteiger partial charge in [0.25, 0.3) is 5.56 Å². The quantitative estimate of drug-likeness (QED) is 0.464. The normalized spacial score (nSPS) is 12.7. The predicted molar refractivity (Wildman–Crippen MR) is 109 cm³/mol. The van der Waals surface area contributed by atoms with Crippen molar-refractivity contribution in [3.63, 3.8) is 0 Å². The van der Waals surface area contributed by atoms with Crippen LogP contribution < -0.4 is 19.0 Å². The second kappa shape index (κ2) is 6.92. The van der Waals surface area contributed by atoms with Crippen molar-refractivity contribution in [3.8, 4) is 11.5 Å². The van der Waals surface area contributed by atoms with Crippen LogP contribution in [0.2, 0.25) is 0 Å². The average molecular weight is 416 g/mol. The van der Waals surface area contributed by atoms with Gasteiger partial charge in [0, 0.05) is 0 Å². The summed E-state index contributed by atoms with van der Waals surface area (Å²) in [7, 11) is -3.68. The van der Waals surface area contributed by atoms with Crippen LogP contribution in [0.5, 0.6) is 11.5 Å². The van der Waals surface area contributed by atoms with E-state index < -0.39 is 10.1 Å². The van der Waals surface area contributed by atoms with Crippen molar-refractivity contribution in [1.29, 1.82) is 0 Å². The topological polar surface area (TPSA) is 87.0 Å². The van der Waals surface area contributed by atoms with E-state index in [9.17, 15) is 13.2 Å². The Morgan fingerprint density at radius 2 is 1.96 bits per heavy atom. The number of fused-ring (bicyclic) bond motifs is 3. The van der Waals surface area contributed by atoms with Crippen LogP contribution in [-0.4, -0.2) is 30.7 Å². The molecule has 9 heteroatoms. The van der Waals surface area contributed by atoms with Crippen molar-refractivity contribution in [2.45, 2.75) is 6.92 Å². The molecule has 144 valence electrons. The van der Waals surface area contributed by atoms with E-state index in [1.165, 1.54) is 17.4 Å². The fraction of sp³-hybridized carbons (Fsp3) is 0.158. The highest BCUT2D eigenvalue weighted by molar-refractivity contribution is 7.86. The molecule has 0 spiro atoms. The first kappa shape index (κ1) is 18.5.